The van der Waals surface area contributed by atoms with E-state index >= 15 is 0 Å². The minimum Gasteiger partial charge on any atom is -0.337 e. The summed E-state index contributed by atoms with van der Waals surface area (Å²) in [4.78, 5) is 21.5. The molecule has 5 heteroatoms. The van der Waals surface area contributed by atoms with Crippen LogP contribution in [-0.2, 0) is 0 Å². The van der Waals surface area contributed by atoms with Crippen molar-refractivity contribution in [3.8, 4) is 0 Å². The van der Waals surface area contributed by atoms with Gasteiger partial charge in [-0.15, -0.1) is 0 Å². The van der Waals surface area contributed by atoms with Gasteiger partial charge in [-0.05, 0) is 28.8 Å². The van der Waals surface area contributed by atoms with Crippen molar-refractivity contribution in [2.75, 3.05) is 13.1 Å². The largest absolute Gasteiger partial charge is 0.337 e. The Labute approximate surface area is 90.5 Å². The van der Waals surface area contributed by atoms with Gasteiger partial charge < -0.3 is 4.90 Å². The lowest BCUT2D eigenvalue weighted by Crippen LogP contribution is -2.28. The van der Waals surface area contributed by atoms with E-state index in [0.29, 0.717) is 10.2 Å². The summed E-state index contributed by atoms with van der Waals surface area (Å²) in [7, 11) is 0. The van der Waals surface area contributed by atoms with E-state index in [2.05, 4.69) is 25.9 Å². The van der Waals surface area contributed by atoms with E-state index in [-0.39, 0.29) is 5.91 Å². The fourth-order valence-corrected chi connectivity index (χ4v) is 1.93. The van der Waals surface area contributed by atoms with Crippen LogP contribution in [0.4, 0.5) is 0 Å². The molecule has 1 fully saturated rings. The van der Waals surface area contributed by atoms with Crippen molar-refractivity contribution >= 4 is 21.8 Å². The first-order valence-electron chi connectivity index (χ1n) is 4.54. The molecule has 0 bridgehead atoms. The fourth-order valence-electron chi connectivity index (χ4n) is 1.54. The second-order valence-electron chi connectivity index (χ2n) is 3.22. The molecule has 74 valence electrons. The molecule has 2 heterocycles. The fraction of sp³-hybridized carbons (Fsp3) is 0.444. The van der Waals surface area contributed by atoms with Gasteiger partial charge in [-0.2, -0.15) is 0 Å². The average Bonchev–Trinajstić information content (AvgIpc) is 2.70. The molecule has 0 saturated carbocycles. The maximum Gasteiger partial charge on any atom is 0.273 e. The first kappa shape index (κ1) is 9.58. The predicted octanol–water partition coefficient (Wildman–Crippen LogP) is 1.48. The van der Waals surface area contributed by atoms with Crippen molar-refractivity contribution in [3.05, 3.63) is 22.7 Å². The van der Waals surface area contributed by atoms with Crippen LogP contribution in [0.3, 0.4) is 0 Å². The van der Waals surface area contributed by atoms with Crippen LogP contribution in [0.1, 0.15) is 23.3 Å². The lowest BCUT2D eigenvalue weighted by molar-refractivity contribution is 0.0786. The van der Waals surface area contributed by atoms with Gasteiger partial charge in [-0.1, -0.05) is 0 Å². The monoisotopic (exact) mass is 255 g/mol. The summed E-state index contributed by atoms with van der Waals surface area (Å²) in [6, 6.07) is 0. The molecule has 4 nitrogen and oxygen atoms in total. The van der Waals surface area contributed by atoms with E-state index in [0.717, 1.165) is 25.9 Å². The zero-order chi connectivity index (χ0) is 9.97. The number of aromatic nitrogens is 2. The van der Waals surface area contributed by atoms with Gasteiger partial charge in [0.05, 0.1) is 4.47 Å². The Morgan fingerprint density at radius 1 is 1.43 bits per heavy atom. The molecule has 0 atom stereocenters. The van der Waals surface area contributed by atoms with E-state index in [4.69, 9.17) is 0 Å². The number of carbonyl (C=O) groups is 1. The number of halogens is 1. The number of amides is 1. The highest BCUT2D eigenvalue weighted by atomic mass is 79.9. The average molecular weight is 256 g/mol. The molecule has 1 amide bonds. The summed E-state index contributed by atoms with van der Waals surface area (Å²) in [5, 5.41) is 0. The van der Waals surface area contributed by atoms with Crippen molar-refractivity contribution in [3.63, 3.8) is 0 Å². The Kier molecular flexibility index (Phi) is 2.77. The Morgan fingerprint density at radius 2 is 2.14 bits per heavy atom. The molecule has 0 unspecified atom stereocenters. The van der Waals surface area contributed by atoms with E-state index in [1.54, 1.807) is 6.20 Å². The van der Waals surface area contributed by atoms with Gasteiger partial charge in [-0.3, -0.25) is 4.79 Å². The molecule has 14 heavy (non-hydrogen) atoms. The Balaban J connectivity index is 2.22. The number of rotatable bonds is 1. The Hall–Kier alpha value is -0.970. The highest BCUT2D eigenvalue weighted by molar-refractivity contribution is 9.10. The van der Waals surface area contributed by atoms with E-state index in [1.807, 2.05) is 4.90 Å². The molecule has 2 rings (SSSR count). The van der Waals surface area contributed by atoms with Gasteiger partial charge in [0.15, 0.2) is 0 Å². The Bertz CT molecular complexity index is 350. The molecule has 1 aromatic heterocycles. The quantitative estimate of drug-likeness (QED) is 0.764. The van der Waals surface area contributed by atoms with Gasteiger partial charge in [0.25, 0.3) is 5.91 Å². The lowest BCUT2D eigenvalue weighted by atomic mass is 10.3. The Morgan fingerprint density at radius 3 is 2.79 bits per heavy atom. The summed E-state index contributed by atoms with van der Waals surface area (Å²) in [6.45, 7) is 1.69. The van der Waals surface area contributed by atoms with E-state index in [1.165, 1.54) is 6.33 Å². The number of hydrogen-bond donors (Lipinski definition) is 0. The third kappa shape index (κ3) is 1.77. The number of hydrogen-bond acceptors (Lipinski definition) is 3. The molecule has 1 aromatic rings. The maximum absolute atomic E-state index is 11.9. The zero-order valence-corrected chi connectivity index (χ0v) is 9.20. The standard InChI is InChI=1S/C9H10BrN3O/c10-7-5-11-6-12-8(7)9(14)13-3-1-2-4-13/h5-6H,1-4H2. The van der Waals surface area contributed by atoms with E-state index in [9.17, 15) is 4.79 Å². The molecule has 0 N–H and O–H groups in total. The third-order valence-corrected chi connectivity index (χ3v) is 2.84. The van der Waals surface area contributed by atoms with E-state index < -0.39 is 0 Å². The van der Waals surface area contributed by atoms with Gasteiger partial charge >= 0.3 is 0 Å². The number of nitrogens with zero attached hydrogens (tertiary/aromatic N) is 3. The third-order valence-electron chi connectivity index (χ3n) is 2.26. The molecule has 0 radical (unpaired) electrons. The van der Waals surface area contributed by atoms with Crippen molar-refractivity contribution in [2.24, 2.45) is 0 Å². The normalized spacial score (nSPS) is 15.9. The first-order valence-corrected chi connectivity index (χ1v) is 5.33. The highest BCUT2D eigenvalue weighted by Gasteiger charge is 2.22. The summed E-state index contributed by atoms with van der Waals surface area (Å²) >= 11 is 3.27. The van der Waals surface area contributed by atoms with Crippen molar-refractivity contribution in [1.29, 1.82) is 0 Å². The summed E-state index contributed by atoms with van der Waals surface area (Å²) < 4.78 is 0.664. The van der Waals surface area contributed by atoms with Crippen LogP contribution in [0.25, 0.3) is 0 Å². The molecule has 0 aliphatic carbocycles. The van der Waals surface area contributed by atoms with Crippen molar-refractivity contribution in [1.82, 2.24) is 14.9 Å². The van der Waals surface area contributed by atoms with Crippen molar-refractivity contribution < 1.29 is 4.79 Å². The van der Waals surface area contributed by atoms with Gasteiger partial charge in [0, 0.05) is 19.3 Å². The lowest BCUT2D eigenvalue weighted by Gasteiger charge is -2.14. The van der Waals surface area contributed by atoms with Crippen LogP contribution < -0.4 is 0 Å². The SMILES string of the molecule is O=C(c1ncncc1Br)N1CCCC1. The molecule has 0 aromatic carbocycles. The topological polar surface area (TPSA) is 46.1 Å². The summed E-state index contributed by atoms with van der Waals surface area (Å²) in [6.07, 6.45) is 5.17. The molecular formula is C9H10BrN3O. The van der Waals surface area contributed by atoms with Crippen LogP contribution in [0.5, 0.6) is 0 Å². The molecule has 1 saturated heterocycles. The molecule has 1 aliphatic heterocycles. The van der Waals surface area contributed by atoms with Crippen LogP contribution in [0, 0.1) is 0 Å². The second kappa shape index (κ2) is 4.04. The molecular weight excluding hydrogens is 246 g/mol. The smallest absolute Gasteiger partial charge is 0.273 e. The van der Waals surface area contributed by atoms with Crippen LogP contribution in [0.2, 0.25) is 0 Å². The second-order valence-corrected chi connectivity index (χ2v) is 4.07. The van der Waals surface area contributed by atoms with Crippen LogP contribution in [-0.4, -0.2) is 33.9 Å². The first-order chi connectivity index (χ1) is 6.79. The number of carbonyl (C=O) groups excluding carboxylic acids is 1. The maximum atomic E-state index is 11.9. The highest BCUT2D eigenvalue weighted by Crippen LogP contribution is 2.17. The zero-order valence-electron chi connectivity index (χ0n) is 7.61. The molecule has 0 spiro atoms. The van der Waals surface area contributed by atoms with Gasteiger partial charge in [0.2, 0.25) is 0 Å². The van der Waals surface area contributed by atoms with Crippen molar-refractivity contribution in [2.45, 2.75) is 12.8 Å². The predicted molar refractivity (Wildman–Crippen MR) is 54.9 cm³/mol. The van der Waals surface area contributed by atoms with Gasteiger partial charge in [-0.25, -0.2) is 9.97 Å². The minimum absolute atomic E-state index is 0.00299. The van der Waals surface area contributed by atoms with Crippen LogP contribution >= 0.6 is 15.9 Å². The van der Waals surface area contributed by atoms with Gasteiger partial charge in [0.1, 0.15) is 12.0 Å². The molecule has 1 aliphatic rings. The summed E-state index contributed by atoms with van der Waals surface area (Å²) in [5.41, 5.74) is 0.460. The minimum atomic E-state index is -0.00299. The summed E-state index contributed by atoms with van der Waals surface area (Å²) in [5.74, 6) is -0.00299. The number of likely N-dealkylation sites (tertiary alicyclic amines) is 1. The van der Waals surface area contributed by atoms with Crippen LogP contribution in [0.15, 0.2) is 17.0 Å².